The van der Waals surface area contributed by atoms with Gasteiger partial charge in [0, 0.05) is 32.4 Å². The van der Waals surface area contributed by atoms with Gasteiger partial charge in [-0.2, -0.15) is 5.26 Å². The minimum atomic E-state index is -0.911. The fourth-order valence-electron chi connectivity index (χ4n) is 3.94. The molecular formula is C20H28N8O3. The van der Waals surface area contributed by atoms with Gasteiger partial charge in [0.05, 0.1) is 18.4 Å². The second-order valence-corrected chi connectivity index (χ2v) is 8.26. The molecule has 166 valence electrons. The molecule has 3 heterocycles. The molecule has 1 aromatic heterocycles. The van der Waals surface area contributed by atoms with Crippen LogP contribution in [0, 0.1) is 11.3 Å². The summed E-state index contributed by atoms with van der Waals surface area (Å²) in [7, 11) is 1.66. The van der Waals surface area contributed by atoms with E-state index in [1.807, 2.05) is 19.9 Å². The quantitative estimate of drug-likeness (QED) is 0.644. The number of nitrogens with zero attached hydrogens (tertiary/aromatic N) is 6. The normalized spacial score (nSPS) is 20.7. The SMILES string of the molecule is CC1NC(=O)C2(CCN(C(=O)NN(Cc3cncc(C#N)n3)C(C)C)CC2)N(C)C1=O. The van der Waals surface area contributed by atoms with Gasteiger partial charge in [0.2, 0.25) is 11.8 Å². The zero-order valence-electron chi connectivity index (χ0n) is 18.3. The lowest BCUT2D eigenvalue weighted by molar-refractivity contribution is -0.157. The first kappa shape index (κ1) is 22.4. The van der Waals surface area contributed by atoms with Gasteiger partial charge in [-0.1, -0.05) is 0 Å². The zero-order valence-corrected chi connectivity index (χ0v) is 18.3. The fraction of sp³-hybridized carbons (Fsp3) is 0.600. The van der Waals surface area contributed by atoms with Crippen LogP contribution in [-0.4, -0.2) is 80.4 Å². The predicted octanol–water partition coefficient (Wildman–Crippen LogP) is -0.00542. The Morgan fingerprint density at radius 2 is 2.06 bits per heavy atom. The van der Waals surface area contributed by atoms with E-state index in [0.717, 1.165) is 0 Å². The maximum atomic E-state index is 12.9. The van der Waals surface area contributed by atoms with Gasteiger partial charge in [-0.25, -0.2) is 14.8 Å². The molecule has 0 aliphatic carbocycles. The van der Waals surface area contributed by atoms with Crippen LogP contribution in [0.25, 0.3) is 0 Å². The summed E-state index contributed by atoms with van der Waals surface area (Å²) in [4.78, 5) is 49.3. The highest BCUT2D eigenvalue weighted by Crippen LogP contribution is 2.31. The van der Waals surface area contributed by atoms with E-state index in [1.54, 1.807) is 30.1 Å². The molecule has 11 heteroatoms. The van der Waals surface area contributed by atoms with E-state index in [9.17, 15) is 14.4 Å². The number of rotatable bonds is 4. The molecule has 1 aromatic rings. The van der Waals surface area contributed by atoms with Gasteiger partial charge in [-0.3, -0.25) is 20.0 Å². The summed E-state index contributed by atoms with van der Waals surface area (Å²) in [5.41, 5.74) is 2.76. The Morgan fingerprint density at radius 3 is 2.68 bits per heavy atom. The first-order chi connectivity index (χ1) is 14.7. The molecule has 0 saturated carbocycles. The Kier molecular flexibility index (Phi) is 6.40. The summed E-state index contributed by atoms with van der Waals surface area (Å²) in [6, 6.07) is 1.11. The molecule has 2 fully saturated rings. The number of piperidine rings is 1. The van der Waals surface area contributed by atoms with Crippen LogP contribution in [0.4, 0.5) is 4.79 Å². The van der Waals surface area contributed by atoms with Crippen molar-refractivity contribution in [1.82, 2.24) is 35.5 Å². The van der Waals surface area contributed by atoms with Crippen molar-refractivity contribution in [2.24, 2.45) is 0 Å². The van der Waals surface area contributed by atoms with Crippen LogP contribution in [-0.2, 0) is 16.1 Å². The molecule has 0 aromatic carbocycles. The maximum absolute atomic E-state index is 12.9. The monoisotopic (exact) mass is 428 g/mol. The molecule has 1 unspecified atom stereocenters. The minimum Gasteiger partial charge on any atom is -0.343 e. The molecule has 3 rings (SSSR count). The van der Waals surface area contributed by atoms with Gasteiger partial charge in [-0.15, -0.1) is 0 Å². The molecule has 2 aliphatic rings. The van der Waals surface area contributed by atoms with E-state index in [-0.39, 0.29) is 29.6 Å². The highest BCUT2D eigenvalue weighted by molar-refractivity contribution is 5.99. The number of likely N-dealkylation sites (tertiary alicyclic amines) is 1. The Morgan fingerprint density at radius 1 is 1.39 bits per heavy atom. The standard InChI is InChI=1S/C20H28N8O3/c1-13(2)28(12-16-11-22-10-15(9-21)24-16)25-19(31)27-7-5-20(6-8-27)18(30)23-14(3)17(29)26(20)4/h10-11,13-14H,5-8,12H2,1-4H3,(H,23,30)(H,25,31). The van der Waals surface area contributed by atoms with Gasteiger partial charge in [0.25, 0.3) is 0 Å². The van der Waals surface area contributed by atoms with E-state index in [2.05, 4.69) is 20.7 Å². The third-order valence-corrected chi connectivity index (χ3v) is 5.99. The molecular weight excluding hydrogens is 400 g/mol. The number of hydrogen-bond acceptors (Lipinski definition) is 7. The summed E-state index contributed by atoms with van der Waals surface area (Å²) in [6.45, 7) is 6.52. The van der Waals surface area contributed by atoms with Crippen molar-refractivity contribution in [3.8, 4) is 6.07 Å². The number of carbonyl (C=O) groups is 3. The van der Waals surface area contributed by atoms with Crippen molar-refractivity contribution in [2.75, 3.05) is 20.1 Å². The number of hydrazine groups is 1. The third kappa shape index (κ3) is 4.44. The lowest BCUT2D eigenvalue weighted by Crippen LogP contribution is -2.71. The second-order valence-electron chi connectivity index (χ2n) is 8.26. The van der Waals surface area contributed by atoms with Crippen LogP contribution in [0.5, 0.6) is 0 Å². The van der Waals surface area contributed by atoms with Crippen LogP contribution in [0.3, 0.4) is 0 Å². The Balaban J connectivity index is 1.63. The predicted molar refractivity (Wildman–Crippen MR) is 110 cm³/mol. The second kappa shape index (κ2) is 8.85. The third-order valence-electron chi connectivity index (χ3n) is 5.99. The summed E-state index contributed by atoms with van der Waals surface area (Å²) >= 11 is 0. The van der Waals surface area contributed by atoms with Crippen LogP contribution in [0.1, 0.15) is 45.0 Å². The van der Waals surface area contributed by atoms with Gasteiger partial charge in [0.15, 0.2) is 5.69 Å². The van der Waals surface area contributed by atoms with Crippen molar-refractivity contribution in [1.29, 1.82) is 5.26 Å². The van der Waals surface area contributed by atoms with Crippen molar-refractivity contribution < 1.29 is 14.4 Å². The Hall–Kier alpha value is -3.26. The highest BCUT2D eigenvalue weighted by atomic mass is 16.2. The first-order valence-corrected chi connectivity index (χ1v) is 10.3. The van der Waals surface area contributed by atoms with E-state index >= 15 is 0 Å². The van der Waals surface area contributed by atoms with E-state index in [4.69, 9.17) is 5.26 Å². The first-order valence-electron chi connectivity index (χ1n) is 10.3. The molecule has 31 heavy (non-hydrogen) atoms. The number of aromatic nitrogens is 2. The average Bonchev–Trinajstić information content (AvgIpc) is 2.76. The number of amides is 4. The van der Waals surface area contributed by atoms with Gasteiger partial charge in [-0.05, 0) is 33.6 Å². The van der Waals surface area contributed by atoms with Crippen molar-refractivity contribution in [2.45, 2.75) is 57.8 Å². The molecule has 2 N–H and O–H groups in total. The van der Waals surface area contributed by atoms with Crippen LogP contribution < -0.4 is 10.7 Å². The van der Waals surface area contributed by atoms with Gasteiger partial charge < -0.3 is 15.1 Å². The molecule has 11 nitrogen and oxygen atoms in total. The van der Waals surface area contributed by atoms with Gasteiger partial charge >= 0.3 is 6.03 Å². The fourth-order valence-corrected chi connectivity index (χ4v) is 3.94. The molecule has 0 bridgehead atoms. The van der Waals surface area contributed by atoms with Crippen molar-refractivity contribution in [3.63, 3.8) is 0 Å². The number of nitrogens with one attached hydrogen (secondary N) is 2. The lowest BCUT2D eigenvalue weighted by atomic mass is 9.82. The number of carbonyl (C=O) groups excluding carboxylic acids is 3. The minimum absolute atomic E-state index is 0.0259. The highest BCUT2D eigenvalue weighted by Gasteiger charge is 2.51. The average molecular weight is 428 g/mol. The van der Waals surface area contributed by atoms with Crippen molar-refractivity contribution in [3.05, 3.63) is 23.8 Å². The summed E-state index contributed by atoms with van der Waals surface area (Å²) in [5.74, 6) is -0.286. The molecule has 0 radical (unpaired) electrons. The summed E-state index contributed by atoms with van der Waals surface area (Å²) in [5, 5.41) is 13.5. The number of nitriles is 1. The van der Waals surface area contributed by atoms with E-state index in [1.165, 1.54) is 11.1 Å². The van der Waals surface area contributed by atoms with Crippen LogP contribution in [0.2, 0.25) is 0 Å². The van der Waals surface area contributed by atoms with Crippen LogP contribution >= 0.6 is 0 Å². The molecule has 1 spiro atoms. The smallest absolute Gasteiger partial charge is 0.331 e. The van der Waals surface area contributed by atoms with Crippen LogP contribution in [0.15, 0.2) is 12.4 Å². The number of likely N-dealkylation sites (N-methyl/N-ethyl adjacent to an activating group) is 1. The molecule has 2 aliphatic heterocycles. The Bertz CT molecular complexity index is 904. The lowest BCUT2D eigenvalue weighted by Gasteiger charge is -2.49. The number of piperazine rings is 1. The van der Waals surface area contributed by atoms with Crippen molar-refractivity contribution >= 4 is 17.8 Å². The Labute approximate surface area is 181 Å². The largest absolute Gasteiger partial charge is 0.343 e. The number of hydrogen-bond donors (Lipinski definition) is 2. The topological polar surface area (TPSA) is 135 Å². The summed E-state index contributed by atoms with van der Waals surface area (Å²) < 4.78 is 0. The van der Waals surface area contributed by atoms with E-state index < -0.39 is 11.6 Å². The maximum Gasteiger partial charge on any atom is 0.331 e. The molecule has 2 saturated heterocycles. The van der Waals surface area contributed by atoms with E-state index in [0.29, 0.717) is 38.2 Å². The van der Waals surface area contributed by atoms with Gasteiger partial charge in [0.1, 0.15) is 17.6 Å². The summed E-state index contributed by atoms with van der Waals surface area (Å²) in [6.07, 6.45) is 3.69. The molecule has 4 amide bonds. The molecule has 1 atom stereocenters. The number of urea groups is 1. The zero-order chi connectivity index (χ0) is 22.8.